The van der Waals surface area contributed by atoms with E-state index in [4.69, 9.17) is 0 Å². The molecule has 2 aromatic carbocycles. The minimum atomic E-state index is -2.93. The number of urea groups is 1. The Bertz CT molecular complexity index is 708. The Kier molecular flexibility index (Phi) is 5.62. The monoisotopic (exact) mass is 342 g/mol. The quantitative estimate of drug-likeness (QED) is 0.789. The third-order valence-electron chi connectivity index (χ3n) is 3.13. The van der Waals surface area contributed by atoms with Gasteiger partial charge in [-0.05, 0) is 48.9 Å². The number of amides is 2. The molecule has 1 atom stereocenters. The summed E-state index contributed by atoms with van der Waals surface area (Å²) in [5.41, 5.74) is 0.747. The van der Waals surface area contributed by atoms with Crippen molar-refractivity contribution in [2.24, 2.45) is 0 Å². The first-order chi connectivity index (χ1) is 11.3. The maximum Gasteiger partial charge on any atom is 0.387 e. The highest BCUT2D eigenvalue weighted by molar-refractivity contribution is 5.89. The van der Waals surface area contributed by atoms with Gasteiger partial charge >= 0.3 is 12.6 Å². The summed E-state index contributed by atoms with van der Waals surface area (Å²) in [5, 5.41) is 5.04. The predicted octanol–water partition coefficient (Wildman–Crippen LogP) is 4.45. The SMILES string of the molecule is C[C@H](NC(=O)Nc1ccc(OC(F)F)cc1)c1ccc(F)c(F)c1. The number of benzene rings is 2. The van der Waals surface area contributed by atoms with Gasteiger partial charge in [-0.1, -0.05) is 6.07 Å². The first-order valence-corrected chi connectivity index (χ1v) is 6.92. The van der Waals surface area contributed by atoms with Gasteiger partial charge < -0.3 is 15.4 Å². The molecule has 0 bridgehead atoms. The van der Waals surface area contributed by atoms with Crippen molar-refractivity contribution in [3.63, 3.8) is 0 Å². The average molecular weight is 342 g/mol. The molecule has 0 aliphatic rings. The van der Waals surface area contributed by atoms with E-state index in [-0.39, 0.29) is 5.75 Å². The maximum atomic E-state index is 13.2. The van der Waals surface area contributed by atoms with Crippen molar-refractivity contribution in [2.75, 3.05) is 5.32 Å². The molecule has 0 spiro atoms. The number of alkyl halides is 2. The fraction of sp³-hybridized carbons (Fsp3) is 0.188. The van der Waals surface area contributed by atoms with Crippen molar-refractivity contribution in [3.8, 4) is 5.75 Å². The van der Waals surface area contributed by atoms with Crippen LogP contribution in [0.5, 0.6) is 5.75 Å². The molecule has 0 saturated carbocycles. The van der Waals surface area contributed by atoms with Crippen LogP contribution in [0.15, 0.2) is 42.5 Å². The molecule has 8 heteroatoms. The number of rotatable bonds is 5. The van der Waals surface area contributed by atoms with Crippen LogP contribution in [0.4, 0.5) is 28.0 Å². The van der Waals surface area contributed by atoms with Crippen LogP contribution in [0.1, 0.15) is 18.5 Å². The molecule has 0 heterocycles. The first-order valence-electron chi connectivity index (χ1n) is 6.92. The highest BCUT2D eigenvalue weighted by Crippen LogP contribution is 2.19. The lowest BCUT2D eigenvalue weighted by molar-refractivity contribution is -0.0498. The van der Waals surface area contributed by atoms with Crippen molar-refractivity contribution in [1.82, 2.24) is 5.32 Å². The Morgan fingerprint density at radius 3 is 2.29 bits per heavy atom. The summed E-state index contributed by atoms with van der Waals surface area (Å²) >= 11 is 0. The van der Waals surface area contributed by atoms with Gasteiger partial charge in [0.1, 0.15) is 5.75 Å². The van der Waals surface area contributed by atoms with E-state index in [1.54, 1.807) is 6.92 Å². The summed E-state index contributed by atoms with van der Waals surface area (Å²) in [5.74, 6) is -2.01. The van der Waals surface area contributed by atoms with Crippen LogP contribution >= 0.6 is 0 Å². The molecule has 0 fully saturated rings. The van der Waals surface area contributed by atoms with Crippen LogP contribution in [0.25, 0.3) is 0 Å². The van der Waals surface area contributed by atoms with E-state index in [0.29, 0.717) is 11.3 Å². The third kappa shape index (κ3) is 4.87. The highest BCUT2D eigenvalue weighted by Gasteiger charge is 2.12. The van der Waals surface area contributed by atoms with Gasteiger partial charge in [-0.3, -0.25) is 0 Å². The van der Waals surface area contributed by atoms with E-state index in [0.717, 1.165) is 12.1 Å². The second-order valence-electron chi connectivity index (χ2n) is 4.90. The summed E-state index contributed by atoms with van der Waals surface area (Å²) in [4.78, 5) is 11.9. The van der Waals surface area contributed by atoms with Crippen LogP contribution in [-0.4, -0.2) is 12.6 Å². The molecule has 0 saturated heterocycles. The van der Waals surface area contributed by atoms with Gasteiger partial charge in [0.15, 0.2) is 11.6 Å². The molecule has 4 nitrogen and oxygen atoms in total. The fourth-order valence-corrected chi connectivity index (χ4v) is 1.95. The lowest BCUT2D eigenvalue weighted by Crippen LogP contribution is -2.31. The molecule has 2 N–H and O–H groups in total. The minimum Gasteiger partial charge on any atom is -0.435 e. The van der Waals surface area contributed by atoms with Gasteiger partial charge in [-0.2, -0.15) is 8.78 Å². The number of hydrogen-bond donors (Lipinski definition) is 2. The largest absolute Gasteiger partial charge is 0.435 e. The Morgan fingerprint density at radius 2 is 1.71 bits per heavy atom. The first kappa shape index (κ1) is 17.6. The molecular formula is C16H14F4N2O2. The topological polar surface area (TPSA) is 50.4 Å². The van der Waals surface area contributed by atoms with Crippen molar-refractivity contribution in [2.45, 2.75) is 19.6 Å². The van der Waals surface area contributed by atoms with Gasteiger partial charge in [-0.15, -0.1) is 0 Å². The zero-order chi connectivity index (χ0) is 17.7. The third-order valence-corrected chi connectivity index (χ3v) is 3.13. The van der Waals surface area contributed by atoms with Gasteiger partial charge in [0.25, 0.3) is 0 Å². The molecule has 2 aromatic rings. The highest BCUT2D eigenvalue weighted by atomic mass is 19.3. The Labute approximate surface area is 135 Å². The van der Waals surface area contributed by atoms with Gasteiger partial charge in [0.05, 0.1) is 6.04 Å². The molecule has 0 unspecified atom stereocenters. The van der Waals surface area contributed by atoms with E-state index in [1.165, 1.54) is 30.3 Å². The van der Waals surface area contributed by atoms with Gasteiger partial charge in [0.2, 0.25) is 0 Å². The number of ether oxygens (including phenoxy) is 1. The van der Waals surface area contributed by atoms with Crippen molar-refractivity contribution in [1.29, 1.82) is 0 Å². The molecule has 128 valence electrons. The van der Waals surface area contributed by atoms with Crippen molar-refractivity contribution < 1.29 is 27.1 Å². The number of halogens is 4. The minimum absolute atomic E-state index is 0.0360. The predicted molar refractivity (Wildman–Crippen MR) is 80.0 cm³/mol. The second kappa shape index (κ2) is 7.67. The summed E-state index contributed by atoms with van der Waals surface area (Å²) in [6.07, 6.45) is 0. The van der Waals surface area contributed by atoms with Gasteiger partial charge in [-0.25, -0.2) is 13.6 Å². The number of hydrogen-bond acceptors (Lipinski definition) is 2. The normalized spacial score (nSPS) is 11.9. The number of carbonyl (C=O) groups excluding carboxylic acids is 1. The summed E-state index contributed by atoms with van der Waals surface area (Å²) < 4.78 is 54.3. The van der Waals surface area contributed by atoms with Crippen molar-refractivity contribution in [3.05, 3.63) is 59.7 Å². The molecule has 0 radical (unpaired) electrons. The van der Waals surface area contributed by atoms with E-state index in [2.05, 4.69) is 15.4 Å². The number of carbonyl (C=O) groups is 1. The van der Waals surface area contributed by atoms with Crippen LogP contribution in [0.3, 0.4) is 0 Å². The summed E-state index contributed by atoms with van der Waals surface area (Å²) in [6, 6.07) is 7.51. The Hall–Kier alpha value is -2.77. The smallest absolute Gasteiger partial charge is 0.387 e. The molecule has 0 aliphatic carbocycles. The Morgan fingerprint density at radius 1 is 1.04 bits per heavy atom. The zero-order valence-corrected chi connectivity index (χ0v) is 12.5. The molecule has 0 aliphatic heterocycles. The lowest BCUT2D eigenvalue weighted by Gasteiger charge is -2.15. The van der Waals surface area contributed by atoms with E-state index >= 15 is 0 Å². The van der Waals surface area contributed by atoms with E-state index in [1.807, 2.05) is 0 Å². The van der Waals surface area contributed by atoms with Crippen molar-refractivity contribution >= 4 is 11.7 Å². The fourth-order valence-electron chi connectivity index (χ4n) is 1.95. The zero-order valence-electron chi connectivity index (χ0n) is 12.5. The average Bonchev–Trinajstić information content (AvgIpc) is 2.51. The number of nitrogens with one attached hydrogen (secondary N) is 2. The molecular weight excluding hydrogens is 328 g/mol. The molecule has 0 aromatic heterocycles. The second-order valence-corrected chi connectivity index (χ2v) is 4.90. The van der Waals surface area contributed by atoms with Gasteiger partial charge in [0, 0.05) is 5.69 Å². The standard InChI is InChI=1S/C16H14F4N2O2/c1-9(10-2-7-13(17)14(18)8-10)21-16(23)22-11-3-5-12(6-4-11)24-15(19)20/h2-9,15H,1H3,(H2,21,22,23)/t9-/m0/s1. The molecule has 2 amide bonds. The summed E-state index contributed by atoms with van der Waals surface area (Å²) in [7, 11) is 0. The molecule has 24 heavy (non-hydrogen) atoms. The molecule has 2 rings (SSSR count). The van der Waals surface area contributed by atoms with Crippen LogP contribution in [0.2, 0.25) is 0 Å². The van der Waals surface area contributed by atoms with Crippen LogP contribution in [-0.2, 0) is 0 Å². The summed E-state index contributed by atoms with van der Waals surface area (Å²) in [6.45, 7) is -1.32. The Balaban J connectivity index is 1.93. The van der Waals surface area contributed by atoms with Crippen LogP contribution in [0, 0.1) is 11.6 Å². The van der Waals surface area contributed by atoms with E-state index < -0.39 is 30.3 Å². The maximum absolute atomic E-state index is 13.2. The lowest BCUT2D eigenvalue weighted by atomic mass is 10.1. The number of anilines is 1. The van der Waals surface area contributed by atoms with E-state index in [9.17, 15) is 22.4 Å². The van der Waals surface area contributed by atoms with Crippen LogP contribution < -0.4 is 15.4 Å².